The molecule has 1 N–H and O–H groups in total. The van der Waals surface area contributed by atoms with Crippen molar-refractivity contribution in [3.63, 3.8) is 0 Å². The summed E-state index contributed by atoms with van der Waals surface area (Å²) in [5.41, 5.74) is 0. The highest BCUT2D eigenvalue weighted by molar-refractivity contribution is 4.82. The van der Waals surface area contributed by atoms with Crippen LogP contribution in [0.5, 0.6) is 0 Å². The molecule has 1 heterocycles. The van der Waals surface area contributed by atoms with Crippen molar-refractivity contribution in [3.8, 4) is 0 Å². The number of rotatable bonds is 5. The standard InChI is InChI=1S/C18H36N2/c1-3-13-20-14-11-17(12-15-20)16(2)19-18-9-7-5-4-6-8-10-18/h16-19H,3-15H2,1-2H3. The molecule has 2 aliphatic rings. The third kappa shape index (κ3) is 5.37. The molecule has 2 rings (SSSR count). The van der Waals surface area contributed by atoms with E-state index in [9.17, 15) is 0 Å². The Morgan fingerprint density at radius 3 is 2.15 bits per heavy atom. The fraction of sp³-hybridized carbons (Fsp3) is 1.00. The van der Waals surface area contributed by atoms with Crippen molar-refractivity contribution in [2.45, 2.75) is 90.1 Å². The van der Waals surface area contributed by atoms with Gasteiger partial charge >= 0.3 is 0 Å². The average Bonchev–Trinajstić information content (AvgIpc) is 2.43. The van der Waals surface area contributed by atoms with Gasteiger partial charge in [-0.1, -0.05) is 39.0 Å². The minimum absolute atomic E-state index is 0.725. The molecule has 2 nitrogen and oxygen atoms in total. The summed E-state index contributed by atoms with van der Waals surface area (Å²) in [6, 6.07) is 1.53. The summed E-state index contributed by atoms with van der Waals surface area (Å²) >= 11 is 0. The fourth-order valence-electron chi connectivity index (χ4n) is 4.12. The molecule has 0 aromatic rings. The van der Waals surface area contributed by atoms with E-state index < -0.39 is 0 Å². The molecule has 20 heavy (non-hydrogen) atoms. The minimum Gasteiger partial charge on any atom is -0.311 e. The van der Waals surface area contributed by atoms with E-state index in [4.69, 9.17) is 0 Å². The molecule has 118 valence electrons. The second kappa shape index (κ2) is 9.04. The SMILES string of the molecule is CCCN1CCC(C(C)NC2CCCCCCC2)CC1. The number of nitrogens with one attached hydrogen (secondary N) is 1. The molecule has 0 spiro atoms. The van der Waals surface area contributed by atoms with Gasteiger partial charge in [0.05, 0.1) is 0 Å². The highest BCUT2D eigenvalue weighted by Gasteiger charge is 2.25. The lowest BCUT2D eigenvalue weighted by atomic mass is 9.88. The molecule has 0 amide bonds. The predicted molar refractivity (Wildman–Crippen MR) is 88.2 cm³/mol. The van der Waals surface area contributed by atoms with E-state index in [-0.39, 0.29) is 0 Å². The van der Waals surface area contributed by atoms with E-state index in [0.29, 0.717) is 0 Å². The molecule has 1 unspecified atom stereocenters. The Bertz CT molecular complexity index is 238. The van der Waals surface area contributed by atoms with Crippen molar-refractivity contribution in [2.75, 3.05) is 19.6 Å². The molecule has 1 atom stereocenters. The first-order valence-electron chi connectivity index (χ1n) is 9.28. The molecular weight excluding hydrogens is 244 g/mol. The summed E-state index contributed by atoms with van der Waals surface area (Å²) in [6.45, 7) is 8.70. The van der Waals surface area contributed by atoms with Gasteiger partial charge in [0, 0.05) is 12.1 Å². The molecular formula is C18H36N2. The molecule has 1 aliphatic carbocycles. The van der Waals surface area contributed by atoms with Gasteiger partial charge in [-0.05, 0) is 64.6 Å². The van der Waals surface area contributed by atoms with Gasteiger partial charge in [0.15, 0.2) is 0 Å². The zero-order valence-electron chi connectivity index (χ0n) is 13.9. The van der Waals surface area contributed by atoms with Crippen LogP contribution < -0.4 is 5.32 Å². The van der Waals surface area contributed by atoms with Crippen LogP contribution in [0.2, 0.25) is 0 Å². The van der Waals surface area contributed by atoms with Crippen molar-refractivity contribution in [1.29, 1.82) is 0 Å². The average molecular weight is 280 g/mol. The van der Waals surface area contributed by atoms with Crippen molar-refractivity contribution in [2.24, 2.45) is 5.92 Å². The maximum Gasteiger partial charge on any atom is 0.00705 e. The van der Waals surface area contributed by atoms with Crippen molar-refractivity contribution in [1.82, 2.24) is 10.2 Å². The van der Waals surface area contributed by atoms with Gasteiger partial charge in [-0.2, -0.15) is 0 Å². The van der Waals surface area contributed by atoms with Crippen LogP contribution in [0.1, 0.15) is 78.1 Å². The van der Waals surface area contributed by atoms with E-state index >= 15 is 0 Å². The number of hydrogen-bond acceptors (Lipinski definition) is 2. The molecule has 2 heteroatoms. The molecule has 1 aliphatic heterocycles. The summed E-state index contributed by atoms with van der Waals surface area (Å²) < 4.78 is 0. The molecule has 0 bridgehead atoms. The number of hydrogen-bond donors (Lipinski definition) is 1. The van der Waals surface area contributed by atoms with Crippen molar-refractivity contribution in [3.05, 3.63) is 0 Å². The normalized spacial score (nSPS) is 26.1. The Labute approximate surface area is 126 Å². The molecule has 0 aromatic heterocycles. The monoisotopic (exact) mass is 280 g/mol. The van der Waals surface area contributed by atoms with Gasteiger partial charge in [0.2, 0.25) is 0 Å². The van der Waals surface area contributed by atoms with E-state index in [2.05, 4.69) is 24.1 Å². The van der Waals surface area contributed by atoms with Crippen LogP contribution in [0, 0.1) is 5.92 Å². The van der Waals surface area contributed by atoms with E-state index in [1.165, 1.54) is 83.8 Å². The second-order valence-corrected chi connectivity index (χ2v) is 7.18. The molecule has 0 aromatic carbocycles. The van der Waals surface area contributed by atoms with Gasteiger partial charge in [0.1, 0.15) is 0 Å². The van der Waals surface area contributed by atoms with E-state index in [1.54, 1.807) is 0 Å². The maximum atomic E-state index is 3.98. The topological polar surface area (TPSA) is 15.3 Å². The molecule has 0 radical (unpaired) electrons. The van der Waals surface area contributed by atoms with Crippen LogP contribution in [-0.2, 0) is 0 Å². The zero-order chi connectivity index (χ0) is 14.2. The van der Waals surface area contributed by atoms with E-state index in [1.807, 2.05) is 0 Å². The van der Waals surface area contributed by atoms with Gasteiger partial charge in [0.25, 0.3) is 0 Å². The van der Waals surface area contributed by atoms with Crippen LogP contribution in [0.15, 0.2) is 0 Å². The lowest BCUT2D eigenvalue weighted by Crippen LogP contribution is -2.45. The van der Waals surface area contributed by atoms with Gasteiger partial charge in [-0.25, -0.2) is 0 Å². The Morgan fingerprint density at radius 2 is 1.55 bits per heavy atom. The second-order valence-electron chi connectivity index (χ2n) is 7.18. The van der Waals surface area contributed by atoms with Crippen LogP contribution in [0.25, 0.3) is 0 Å². The summed E-state index contributed by atoms with van der Waals surface area (Å²) in [6.07, 6.45) is 14.2. The number of likely N-dealkylation sites (tertiary alicyclic amines) is 1. The highest BCUT2D eigenvalue weighted by atomic mass is 15.1. The summed E-state index contributed by atoms with van der Waals surface area (Å²) in [5.74, 6) is 0.911. The molecule has 1 saturated carbocycles. The maximum absolute atomic E-state index is 3.98. The first-order chi connectivity index (χ1) is 9.79. The van der Waals surface area contributed by atoms with Crippen molar-refractivity contribution < 1.29 is 0 Å². The molecule has 1 saturated heterocycles. The minimum atomic E-state index is 0.725. The first-order valence-corrected chi connectivity index (χ1v) is 9.28. The van der Waals surface area contributed by atoms with Gasteiger partial charge < -0.3 is 10.2 Å². The quantitative estimate of drug-likeness (QED) is 0.812. The van der Waals surface area contributed by atoms with Crippen LogP contribution >= 0.6 is 0 Å². The van der Waals surface area contributed by atoms with Crippen LogP contribution in [0.3, 0.4) is 0 Å². The Kier molecular flexibility index (Phi) is 7.37. The first kappa shape index (κ1) is 16.3. The van der Waals surface area contributed by atoms with Crippen molar-refractivity contribution >= 4 is 0 Å². The van der Waals surface area contributed by atoms with Crippen LogP contribution in [-0.4, -0.2) is 36.6 Å². The predicted octanol–water partition coefficient (Wildman–Crippen LogP) is 4.20. The Balaban J connectivity index is 1.69. The highest BCUT2D eigenvalue weighted by Crippen LogP contribution is 2.23. The smallest absolute Gasteiger partial charge is 0.00705 e. The molecule has 2 fully saturated rings. The Morgan fingerprint density at radius 1 is 0.950 bits per heavy atom. The largest absolute Gasteiger partial charge is 0.311 e. The van der Waals surface area contributed by atoms with E-state index in [0.717, 1.165) is 18.0 Å². The lowest BCUT2D eigenvalue weighted by molar-refractivity contribution is 0.156. The summed E-state index contributed by atoms with van der Waals surface area (Å²) in [4.78, 5) is 2.65. The summed E-state index contributed by atoms with van der Waals surface area (Å²) in [7, 11) is 0. The fourth-order valence-corrected chi connectivity index (χ4v) is 4.12. The van der Waals surface area contributed by atoms with Gasteiger partial charge in [-0.3, -0.25) is 0 Å². The van der Waals surface area contributed by atoms with Crippen LogP contribution in [0.4, 0.5) is 0 Å². The lowest BCUT2D eigenvalue weighted by Gasteiger charge is -2.36. The number of piperidine rings is 1. The van der Waals surface area contributed by atoms with Gasteiger partial charge in [-0.15, -0.1) is 0 Å². The third-order valence-corrected chi connectivity index (χ3v) is 5.48. The Hall–Kier alpha value is -0.0800. The summed E-state index contributed by atoms with van der Waals surface area (Å²) in [5, 5.41) is 3.98. The third-order valence-electron chi connectivity index (χ3n) is 5.48. The zero-order valence-corrected chi connectivity index (χ0v) is 13.9. The number of nitrogens with zero attached hydrogens (tertiary/aromatic N) is 1.